The Balaban J connectivity index is 1.92. The summed E-state index contributed by atoms with van der Waals surface area (Å²) in [4.78, 5) is 31.0. The number of hydrogen-bond donors (Lipinski definition) is 1. The van der Waals surface area contributed by atoms with E-state index in [-0.39, 0.29) is 17.4 Å². The number of carbonyl (C=O) groups is 1. The fourth-order valence-corrected chi connectivity index (χ4v) is 3.53. The van der Waals surface area contributed by atoms with Gasteiger partial charge in [-0.25, -0.2) is 9.50 Å². The van der Waals surface area contributed by atoms with Crippen molar-refractivity contribution in [1.82, 2.24) is 19.5 Å². The Hall–Kier alpha value is -2.93. The van der Waals surface area contributed by atoms with Crippen LogP contribution in [0, 0.1) is 0 Å². The van der Waals surface area contributed by atoms with Crippen LogP contribution in [0.2, 0.25) is 0 Å². The average Bonchev–Trinajstić information content (AvgIpc) is 3.16. The third kappa shape index (κ3) is 2.70. The van der Waals surface area contributed by atoms with E-state index in [1.807, 2.05) is 30.3 Å². The standard InChI is InChI=1S/C19H20N4O3/c1-22-10-13(8-16(22)24)14-9-17(25)23-19(20-14)18(15(21-23)11-26-2)12-6-4-3-5-7-12/h3-7,9,13,21H,8,10-11H2,1-2H3/t13-/m1/s1. The molecule has 3 aromatic rings. The predicted octanol–water partition coefficient (Wildman–Crippen LogP) is 1.78. The zero-order valence-electron chi connectivity index (χ0n) is 14.7. The van der Waals surface area contributed by atoms with Crippen molar-refractivity contribution in [2.24, 2.45) is 0 Å². The van der Waals surface area contributed by atoms with E-state index in [9.17, 15) is 9.59 Å². The average molecular weight is 352 g/mol. The molecular weight excluding hydrogens is 332 g/mol. The Morgan fingerprint density at radius 1 is 1.27 bits per heavy atom. The van der Waals surface area contributed by atoms with Crippen LogP contribution in [0.25, 0.3) is 16.8 Å². The summed E-state index contributed by atoms with van der Waals surface area (Å²) >= 11 is 0. The fourth-order valence-electron chi connectivity index (χ4n) is 3.53. The maximum Gasteiger partial charge on any atom is 0.272 e. The highest BCUT2D eigenvalue weighted by Crippen LogP contribution is 2.30. The number of likely N-dealkylation sites (tertiary alicyclic amines) is 1. The molecule has 26 heavy (non-hydrogen) atoms. The summed E-state index contributed by atoms with van der Waals surface area (Å²) < 4.78 is 6.74. The van der Waals surface area contributed by atoms with Gasteiger partial charge in [0.2, 0.25) is 5.91 Å². The van der Waals surface area contributed by atoms with Crippen molar-refractivity contribution < 1.29 is 9.53 Å². The van der Waals surface area contributed by atoms with Gasteiger partial charge in [0.15, 0.2) is 5.65 Å². The lowest BCUT2D eigenvalue weighted by Gasteiger charge is -2.10. The number of aromatic amines is 1. The zero-order valence-corrected chi connectivity index (χ0v) is 14.7. The van der Waals surface area contributed by atoms with Crippen LogP contribution in [-0.4, -0.2) is 46.1 Å². The first kappa shape index (κ1) is 16.5. The van der Waals surface area contributed by atoms with Gasteiger partial charge in [-0.15, -0.1) is 0 Å². The summed E-state index contributed by atoms with van der Waals surface area (Å²) in [6.45, 7) is 0.921. The van der Waals surface area contributed by atoms with Gasteiger partial charge in [-0.2, -0.15) is 0 Å². The van der Waals surface area contributed by atoms with Gasteiger partial charge in [-0.05, 0) is 5.56 Å². The first-order valence-electron chi connectivity index (χ1n) is 8.51. The lowest BCUT2D eigenvalue weighted by Crippen LogP contribution is -2.20. The summed E-state index contributed by atoms with van der Waals surface area (Å²) in [6, 6.07) is 11.3. The third-order valence-electron chi connectivity index (χ3n) is 4.82. The van der Waals surface area contributed by atoms with Gasteiger partial charge in [-0.1, -0.05) is 30.3 Å². The number of amides is 1. The number of nitrogens with one attached hydrogen (secondary N) is 1. The molecule has 1 amide bonds. The van der Waals surface area contributed by atoms with E-state index < -0.39 is 0 Å². The number of rotatable bonds is 4. The van der Waals surface area contributed by atoms with E-state index in [4.69, 9.17) is 9.72 Å². The Morgan fingerprint density at radius 3 is 2.69 bits per heavy atom. The first-order chi connectivity index (χ1) is 12.6. The molecule has 0 aliphatic carbocycles. The topological polar surface area (TPSA) is 79.7 Å². The monoisotopic (exact) mass is 352 g/mol. The van der Waals surface area contributed by atoms with Crippen LogP contribution in [0.1, 0.15) is 23.7 Å². The van der Waals surface area contributed by atoms with Gasteiger partial charge in [0.25, 0.3) is 5.56 Å². The van der Waals surface area contributed by atoms with Crippen molar-refractivity contribution >= 4 is 11.6 Å². The van der Waals surface area contributed by atoms with E-state index in [1.165, 1.54) is 10.6 Å². The molecule has 7 heteroatoms. The molecule has 1 aliphatic rings. The third-order valence-corrected chi connectivity index (χ3v) is 4.82. The normalized spacial score (nSPS) is 17.4. The van der Waals surface area contributed by atoms with Gasteiger partial charge in [0, 0.05) is 44.7 Å². The van der Waals surface area contributed by atoms with Crippen LogP contribution >= 0.6 is 0 Å². The fraction of sp³-hybridized carbons (Fsp3) is 0.316. The molecule has 134 valence electrons. The van der Waals surface area contributed by atoms with E-state index in [0.29, 0.717) is 30.9 Å². The van der Waals surface area contributed by atoms with Crippen molar-refractivity contribution in [3.63, 3.8) is 0 Å². The molecule has 1 aromatic carbocycles. The molecular formula is C19H20N4O3. The number of nitrogens with zero attached hydrogens (tertiary/aromatic N) is 3. The number of benzene rings is 1. The summed E-state index contributed by atoms with van der Waals surface area (Å²) in [5.74, 6) is 0.0176. The van der Waals surface area contributed by atoms with E-state index in [0.717, 1.165) is 16.8 Å². The van der Waals surface area contributed by atoms with Crippen LogP contribution < -0.4 is 5.56 Å². The molecule has 0 bridgehead atoms. The Bertz CT molecular complexity index is 1020. The molecule has 2 aromatic heterocycles. The number of hydrogen-bond acceptors (Lipinski definition) is 4. The number of aromatic nitrogens is 3. The highest BCUT2D eigenvalue weighted by atomic mass is 16.5. The maximum absolute atomic E-state index is 12.7. The SMILES string of the molecule is COCc1[nH]n2c(=O)cc([C@@H]3CC(=O)N(C)C3)nc2c1-c1ccccc1. The van der Waals surface area contributed by atoms with Crippen molar-refractivity contribution in [2.45, 2.75) is 18.9 Å². The van der Waals surface area contributed by atoms with E-state index >= 15 is 0 Å². The summed E-state index contributed by atoms with van der Waals surface area (Å²) in [6.07, 6.45) is 0.384. The molecule has 0 unspecified atom stereocenters. The van der Waals surface area contributed by atoms with Gasteiger partial charge in [0.05, 0.1) is 18.0 Å². The molecule has 1 aliphatic heterocycles. The van der Waals surface area contributed by atoms with Crippen molar-refractivity contribution in [1.29, 1.82) is 0 Å². The lowest BCUT2D eigenvalue weighted by atomic mass is 10.0. The van der Waals surface area contributed by atoms with Crippen LogP contribution in [0.15, 0.2) is 41.2 Å². The smallest absolute Gasteiger partial charge is 0.272 e. The second kappa shape index (κ2) is 6.42. The minimum absolute atomic E-state index is 0.0606. The van der Waals surface area contributed by atoms with Crippen LogP contribution in [0.4, 0.5) is 0 Å². The minimum Gasteiger partial charge on any atom is -0.378 e. The van der Waals surface area contributed by atoms with Gasteiger partial charge >= 0.3 is 0 Å². The quantitative estimate of drug-likeness (QED) is 0.776. The number of likely N-dealkylation sites (N-methyl/N-ethyl adjacent to an activating group) is 1. The Labute approximate surface area is 150 Å². The minimum atomic E-state index is -0.188. The van der Waals surface area contributed by atoms with Crippen molar-refractivity contribution in [2.75, 3.05) is 20.7 Å². The summed E-state index contributed by atoms with van der Waals surface area (Å²) in [5, 5.41) is 3.11. The van der Waals surface area contributed by atoms with Crippen LogP contribution in [-0.2, 0) is 16.1 Å². The Morgan fingerprint density at radius 2 is 2.04 bits per heavy atom. The van der Waals surface area contributed by atoms with Crippen molar-refractivity contribution in [3.05, 3.63) is 58.1 Å². The molecule has 0 spiro atoms. The molecule has 0 saturated carbocycles. The van der Waals surface area contributed by atoms with Crippen LogP contribution in [0.3, 0.4) is 0 Å². The number of carbonyl (C=O) groups excluding carboxylic acids is 1. The molecule has 1 saturated heterocycles. The number of methoxy groups -OCH3 is 1. The number of fused-ring (bicyclic) bond motifs is 1. The van der Waals surface area contributed by atoms with Gasteiger partial charge < -0.3 is 9.64 Å². The maximum atomic E-state index is 12.7. The molecule has 1 atom stereocenters. The van der Waals surface area contributed by atoms with Crippen molar-refractivity contribution in [3.8, 4) is 11.1 Å². The second-order valence-corrected chi connectivity index (χ2v) is 6.62. The molecule has 0 radical (unpaired) electrons. The van der Waals surface area contributed by atoms with Gasteiger partial charge in [-0.3, -0.25) is 14.7 Å². The van der Waals surface area contributed by atoms with Crippen LogP contribution in [0.5, 0.6) is 0 Å². The predicted molar refractivity (Wildman–Crippen MR) is 97.0 cm³/mol. The molecule has 4 rings (SSSR count). The number of H-pyrrole nitrogens is 1. The summed E-state index contributed by atoms with van der Waals surface area (Å²) in [5.41, 5.74) is 3.64. The first-order valence-corrected chi connectivity index (χ1v) is 8.51. The largest absolute Gasteiger partial charge is 0.378 e. The van der Waals surface area contributed by atoms with E-state index in [1.54, 1.807) is 19.1 Å². The molecule has 1 N–H and O–H groups in total. The zero-order chi connectivity index (χ0) is 18.3. The highest BCUT2D eigenvalue weighted by molar-refractivity contribution is 5.81. The summed E-state index contributed by atoms with van der Waals surface area (Å²) in [7, 11) is 3.39. The molecule has 7 nitrogen and oxygen atoms in total. The highest BCUT2D eigenvalue weighted by Gasteiger charge is 2.30. The second-order valence-electron chi connectivity index (χ2n) is 6.62. The molecule has 3 heterocycles. The van der Waals surface area contributed by atoms with Gasteiger partial charge in [0.1, 0.15) is 0 Å². The molecule has 1 fully saturated rings. The van der Waals surface area contributed by atoms with E-state index in [2.05, 4.69) is 5.10 Å². The Kier molecular flexibility index (Phi) is 4.08. The number of ether oxygens (including phenoxy) is 1. The lowest BCUT2D eigenvalue weighted by molar-refractivity contribution is -0.126.